The number of nitrogens with two attached hydrogens (primary N) is 2. The number of piperidine rings is 1. The third kappa shape index (κ3) is 3.92. The van der Waals surface area contributed by atoms with Gasteiger partial charge in [-0.05, 0) is 56.2 Å². The molecule has 2 aliphatic rings. The van der Waals surface area contributed by atoms with Crippen molar-refractivity contribution in [2.45, 2.75) is 56.3 Å². The van der Waals surface area contributed by atoms with Gasteiger partial charge in [0.25, 0.3) is 0 Å². The molecule has 25 heavy (non-hydrogen) atoms. The van der Waals surface area contributed by atoms with Crippen LogP contribution in [0.3, 0.4) is 0 Å². The molecule has 7 heteroatoms. The highest BCUT2D eigenvalue weighted by atomic mass is 19.4. The Bertz CT molecular complexity index is 601. The van der Waals surface area contributed by atoms with Crippen LogP contribution in [0.2, 0.25) is 0 Å². The fourth-order valence-electron chi connectivity index (χ4n) is 3.96. The molecule has 0 atom stereocenters. The zero-order valence-corrected chi connectivity index (χ0v) is 14.2. The number of hydrogen-bond donors (Lipinski definition) is 2. The molecule has 0 spiro atoms. The maximum absolute atomic E-state index is 14.6. The van der Waals surface area contributed by atoms with Crippen LogP contribution < -0.4 is 16.4 Å². The van der Waals surface area contributed by atoms with E-state index in [1.54, 1.807) is 11.0 Å². The summed E-state index contributed by atoms with van der Waals surface area (Å²) >= 11 is 0. The van der Waals surface area contributed by atoms with Crippen molar-refractivity contribution < 1.29 is 17.6 Å². The summed E-state index contributed by atoms with van der Waals surface area (Å²) in [5.41, 5.74) is 12.9. The Labute approximate surface area is 145 Å². The second kappa shape index (κ2) is 6.76. The average molecular weight is 359 g/mol. The van der Waals surface area contributed by atoms with Gasteiger partial charge in [0.15, 0.2) is 0 Å². The van der Waals surface area contributed by atoms with Gasteiger partial charge in [0.2, 0.25) is 0 Å². The molecule has 4 N–H and O–H groups in total. The zero-order valence-electron chi connectivity index (χ0n) is 14.2. The van der Waals surface area contributed by atoms with Crippen molar-refractivity contribution in [2.75, 3.05) is 18.0 Å². The first-order valence-electron chi connectivity index (χ1n) is 8.85. The van der Waals surface area contributed by atoms with Gasteiger partial charge in [-0.15, -0.1) is 0 Å². The van der Waals surface area contributed by atoms with Gasteiger partial charge in [0.05, 0.1) is 11.6 Å². The van der Waals surface area contributed by atoms with Gasteiger partial charge >= 0.3 is 6.18 Å². The Kier molecular flexibility index (Phi) is 4.99. The van der Waals surface area contributed by atoms with Crippen molar-refractivity contribution in [3.05, 3.63) is 29.6 Å². The van der Waals surface area contributed by atoms with Crippen molar-refractivity contribution in [2.24, 2.45) is 17.4 Å². The normalized spacial score (nSPS) is 29.0. The quantitative estimate of drug-likeness (QED) is 0.793. The van der Waals surface area contributed by atoms with Crippen LogP contribution in [-0.2, 0) is 5.54 Å². The van der Waals surface area contributed by atoms with E-state index in [1.807, 2.05) is 6.07 Å². The van der Waals surface area contributed by atoms with E-state index in [9.17, 15) is 17.6 Å². The summed E-state index contributed by atoms with van der Waals surface area (Å²) in [7, 11) is 0. The Balaban J connectivity index is 1.71. The lowest BCUT2D eigenvalue weighted by Crippen LogP contribution is -2.43. The van der Waals surface area contributed by atoms with Crippen molar-refractivity contribution in [1.29, 1.82) is 0 Å². The van der Waals surface area contributed by atoms with Gasteiger partial charge in [0, 0.05) is 24.7 Å². The molecule has 1 aromatic carbocycles. The molecule has 0 radical (unpaired) electrons. The molecule has 1 aliphatic heterocycles. The maximum Gasteiger partial charge on any atom is 0.391 e. The highest BCUT2D eigenvalue weighted by molar-refractivity contribution is 5.50. The molecule has 0 aromatic heterocycles. The maximum atomic E-state index is 14.6. The van der Waals surface area contributed by atoms with Crippen molar-refractivity contribution in [3.63, 3.8) is 0 Å². The zero-order chi connectivity index (χ0) is 18.2. The number of halogens is 4. The van der Waals surface area contributed by atoms with E-state index in [0.29, 0.717) is 18.5 Å². The topological polar surface area (TPSA) is 55.3 Å². The molecule has 1 saturated carbocycles. The summed E-state index contributed by atoms with van der Waals surface area (Å²) in [5.74, 6) is -1.70. The summed E-state index contributed by atoms with van der Waals surface area (Å²) in [6.45, 7) is 0.423. The van der Waals surface area contributed by atoms with Crippen LogP contribution in [-0.4, -0.2) is 25.3 Å². The third-order valence-corrected chi connectivity index (χ3v) is 5.74. The highest BCUT2D eigenvalue weighted by Gasteiger charge is 2.41. The van der Waals surface area contributed by atoms with Crippen LogP contribution in [0.5, 0.6) is 0 Å². The summed E-state index contributed by atoms with van der Waals surface area (Å²) in [5, 5.41) is 0. The molecule has 0 unspecified atom stereocenters. The lowest BCUT2D eigenvalue weighted by Gasteiger charge is -2.37. The lowest BCUT2D eigenvalue weighted by molar-refractivity contribution is -0.179. The molecule has 1 aliphatic carbocycles. The molecule has 0 bridgehead atoms. The van der Waals surface area contributed by atoms with Gasteiger partial charge in [-0.25, -0.2) is 4.39 Å². The highest BCUT2D eigenvalue weighted by Crippen LogP contribution is 2.38. The SMILES string of the molecule is NC1CCC(N)(c2ccc(N3CCC(C(F)(F)F)CC3)c(F)c2)CC1. The van der Waals surface area contributed by atoms with E-state index in [2.05, 4.69) is 0 Å². The summed E-state index contributed by atoms with van der Waals surface area (Å²) in [6.07, 6.45) is -1.11. The second-order valence-corrected chi connectivity index (χ2v) is 7.46. The van der Waals surface area contributed by atoms with Crippen molar-refractivity contribution in [1.82, 2.24) is 0 Å². The minimum atomic E-state index is -4.16. The number of anilines is 1. The molecule has 0 amide bonds. The van der Waals surface area contributed by atoms with Crippen LogP contribution in [0.1, 0.15) is 44.1 Å². The van der Waals surface area contributed by atoms with Crippen LogP contribution in [0.15, 0.2) is 18.2 Å². The first kappa shape index (κ1) is 18.5. The molecular weight excluding hydrogens is 334 g/mol. The molecule has 1 saturated heterocycles. The number of nitrogens with zero attached hydrogens (tertiary/aromatic N) is 1. The van der Waals surface area contributed by atoms with Gasteiger partial charge in [-0.3, -0.25) is 0 Å². The monoisotopic (exact) mass is 359 g/mol. The van der Waals surface area contributed by atoms with E-state index in [1.165, 1.54) is 6.07 Å². The molecule has 1 aromatic rings. The predicted octanol–water partition coefficient (Wildman–Crippen LogP) is 3.66. The lowest BCUT2D eigenvalue weighted by atomic mass is 9.76. The Morgan fingerprint density at radius 3 is 2.16 bits per heavy atom. The smallest absolute Gasteiger partial charge is 0.369 e. The van der Waals surface area contributed by atoms with E-state index in [4.69, 9.17) is 11.5 Å². The molecule has 2 fully saturated rings. The summed E-state index contributed by atoms with van der Waals surface area (Å²) in [6, 6.07) is 5.06. The minimum absolute atomic E-state index is 0.00338. The Hall–Kier alpha value is -1.34. The molecule has 1 heterocycles. The first-order chi connectivity index (χ1) is 11.7. The van der Waals surface area contributed by atoms with E-state index >= 15 is 0 Å². The van der Waals surface area contributed by atoms with Crippen LogP contribution in [0, 0.1) is 11.7 Å². The minimum Gasteiger partial charge on any atom is -0.369 e. The number of hydrogen-bond acceptors (Lipinski definition) is 3. The third-order valence-electron chi connectivity index (χ3n) is 5.74. The number of rotatable bonds is 2. The second-order valence-electron chi connectivity index (χ2n) is 7.46. The van der Waals surface area contributed by atoms with E-state index in [-0.39, 0.29) is 32.0 Å². The van der Waals surface area contributed by atoms with Crippen LogP contribution >= 0.6 is 0 Å². The molecule has 140 valence electrons. The van der Waals surface area contributed by atoms with Crippen LogP contribution in [0.4, 0.5) is 23.2 Å². The van der Waals surface area contributed by atoms with Gasteiger partial charge in [0.1, 0.15) is 5.82 Å². The van der Waals surface area contributed by atoms with Gasteiger partial charge < -0.3 is 16.4 Å². The van der Waals surface area contributed by atoms with Gasteiger partial charge in [-0.2, -0.15) is 13.2 Å². The largest absolute Gasteiger partial charge is 0.391 e. The fourth-order valence-corrected chi connectivity index (χ4v) is 3.96. The summed E-state index contributed by atoms with van der Waals surface area (Å²) < 4.78 is 52.9. The first-order valence-corrected chi connectivity index (χ1v) is 8.85. The average Bonchev–Trinajstić information content (AvgIpc) is 2.57. The predicted molar refractivity (Wildman–Crippen MR) is 89.7 cm³/mol. The Morgan fingerprint density at radius 2 is 1.64 bits per heavy atom. The molecule has 3 nitrogen and oxygen atoms in total. The van der Waals surface area contributed by atoms with Crippen LogP contribution in [0.25, 0.3) is 0 Å². The number of benzene rings is 1. The summed E-state index contributed by atoms with van der Waals surface area (Å²) in [4.78, 5) is 1.70. The fraction of sp³-hybridized carbons (Fsp3) is 0.667. The van der Waals surface area contributed by atoms with E-state index in [0.717, 1.165) is 18.4 Å². The molecule has 3 rings (SSSR count). The van der Waals surface area contributed by atoms with Gasteiger partial charge in [-0.1, -0.05) is 6.07 Å². The Morgan fingerprint density at radius 1 is 1.04 bits per heavy atom. The van der Waals surface area contributed by atoms with Crippen molar-refractivity contribution in [3.8, 4) is 0 Å². The molecular formula is C18H25F4N3. The number of alkyl halides is 3. The standard InChI is InChI=1S/C18H25F4N3/c19-15-11-13(17(24)7-3-14(23)4-8-17)1-2-16(15)25-9-5-12(6-10-25)18(20,21)22/h1-2,11-12,14H,3-10,23-24H2. The van der Waals surface area contributed by atoms with Crippen molar-refractivity contribution >= 4 is 5.69 Å². The van der Waals surface area contributed by atoms with E-state index < -0.39 is 23.5 Å².